The molecule has 5 aromatic rings. The van der Waals surface area contributed by atoms with Crippen LogP contribution in [0.15, 0.2) is 119 Å². The van der Waals surface area contributed by atoms with Gasteiger partial charge in [-0.15, -0.1) is 0 Å². The zero-order chi connectivity index (χ0) is 23.3. The second kappa shape index (κ2) is 9.62. The molecule has 0 N–H and O–H groups in total. The number of hydrogen-bond donors (Lipinski definition) is 0. The molecular formula is C30H19ClN2O. The van der Waals surface area contributed by atoms with Crippen LogP contribution in [0.4, 0.5) is 5.88 Å². The van der Waals surface area contributed by atoms with Gasteiger partial charge in [0.25, 0.3) is 0 Å². The van der Waals surface area contributed by atoms with Crippen LogP contribution in [0.2, 0.25) is 5.02 Å². The van der Waals surface area contributed by atoms with Crippen LogP contribution in [-0.2, 0) is 0 Å². The number of hydrogen-bond acceptors (Lipinski definition) is 3. The van der Waals surface area contributed by atoms with Gasteiger partial charge in [-0.05, 0) is 34.4 Å². The Balaban J connectivity index is 1.61. The van der Waals surface area contributed by atoms with Crippen molar-refractivity contribution in [3.8, 4) is 39.6 Å². The highest BCUT2D eigenvalue weighted by atomic mass is 35.5. The molecule has 0 aliphatic heterocycles. The molecular weight excluding hydrogens is 440 g/mol. The summed E-state index contributed by atoms with van der Waals surface area (Å²) in [4.78, 5) is 4.52. The molecule has 4 heteroatoms. The number of rotatable bonds is 5. The van der Waals surface area contributed by atoms with E-state index in [9.17, 15) is 5.26 Å². The van der Waals surface area contributed by atoms with Gasteiger partial charge in [-0.2, -0.15) is 5.26 Å². The van der Waals surface area contributed by atoms with Crippen LogP contribution >= 0.6 is 11.6 Å². The van der Waals surface area contributed by atoms with Gasteiger partial charge in [-0.3, -0.25) is 0 Å². The second-order valence-electron chi connectivity index (χ2n) is 7.72. The van der Waals surface area contributed by atoms with Crippen molar-refractivity contribution in [1.29, 1.82) is 5.26 Å². The van der Waals surface area contributed by atoms with Crippen molar-refractivity contribution in [2.45, 2.75) is 0 Å². The van der Waals surface area contributed by atoms with Gasteiger partial charge in [0.1, 0.15) is 17.4 Å². The third-order valence-corrected chi connectivity index (χ3v) is 5.77. The Morgan fingerprint density at radius 1 is 0.676 bits per heavy atom. The third kappa shape index (κ3) is 4.41. The molecule has 3 nitrogen and oxygen atoms in total. The van der Waals surface area contributed by atoms with Crippen LogP contribution in [-0.4, -0.2) is 6.21 Å². The van der Waals surface area contributed by atoms with E-state index in [1.54, 1.807) is 18.3 Å². The number of aliphatic imine (C=N–C) groups is 1. The van der Waals surface area contributed by atoms with Crippen molar-refractivity contribution in [2.75, 3.05) is 0 Å². The Morgan fingerprint density at radius 3 is 1.85 bits per heavy atom. The Hall–Kier alpha value is -4.39. The van der Waals surface area contributed by atoms with Crippen molar-refractivity contribution < 1.29 is 4.42 Å². The Bertz CT molecular complexity index is 1480. The molecule has 1 aromatic heterocycles. The zero-order valence-electron chi connectivity index (χ0n) is 18.2. The molecule has 4 aromatic carbocycles. The molecule has 0 bridgehead atoms. The van der Waals surface area contributed by atoms with Gasteiger partial charge in [0.2, 0.25) is 5.88 Å². The Morgan fingerprint density at radius 2 is 1.24 bits per heavy atom. The van der Waals surface area contributed by atoms with Crippen LogP contribution in [0.1, 0.15) is 11.1 Å². The fourth-order valence-corrected chi connectivity index (χ4v) is 3.95. The van der Waals surface area contributed by atoms with Gasteiger partial charge in [-0.25, -0.2) is 4.99 Å². The van der Waals surface area contributed by atoms with Gasteiger partial charge in [0.15, 0.2) is 0 Å². The van der Waals surface area contributed by atoms with Crippen LogP contribution in [0.5, 0.6) is 0 Å². The van der Waals surface area contributed by atoms with E-state index in [0.29, 0.717) is 16.3 Å². The van der Waals surface area contributed by atoms with Crippen molar-refractivity contribution in [2.24, 2.45) is 4.99 Å². The lowest BCUT2D eigenvalue weighted by Crippen LogP contribution is -1.84. The molecule has 162 valence electrons. The standard InChI is InChI=1S/C30H19ClN2O/c31-26-17-11-21(12-18-26)20-33-30-27(19-32)28(24-9-5-2-6-10-24)29(34-30)25-15-13-23(14-16-25)22-7-3-1-4-8-22/h1-18,20H. The predicted molar refractivity (Wildman–Crippen MR) is 138 cm³/mol. The molecule has 0 aliphatic rings. The monoisotopic (exact) mass is 458 g/mol. The molecule has 34 heavy (non-hydrogen) atoms. The fraction of sp³-hybridized carbons (Fsp3) is 0. The molecule has 0 spiro atoms. The van der Waals surface area contributed by atoms with E-state index in [0.717, 1.165) is 33.4 Å². The zero-order valence-corrected chi connectivity index (χ0v) is 18.9. The average molecular weight is 459 g/mol. The third-order valence-electron chi connectivity index (χ3n) is 5.52. The SMILES string of the molecule is N#Cc1c(N=Cc2ccc(Cl)cc2)oc(-c2ccc(-c3ccccc3)cc2)c1-c1ccccc1. The molecule has 5 rings (SSSR count). The molecule has 0 fully saturated rings. The van der Waals surface area contributed by atoms with E-state index in [-0.39, 0.29) is 5.88 Å². The summed E-state index contributed by atoms with van der Waals surface area (Å²) in [5.74, 6) is 0.893. The first-order valence-corrected chi connectivity index (χ1v) is 11.2. The molecule has 0 unspecified atom stereocenters. The smallest absolute Gasteiger partial charge is 0.238 e. The quantitative estimate of drug-likeness (QED) is 0.248. The summed E-state index contributed by atoms with van der Waals surface area (Å²) in [6.45, 7) is 0. The van der Waals surface area contributed by atoms with Crippen LogP contribution in [0, 0.1) is 11.3 Å². The summed E-state index contributed by atoms with van der Waals surface area (Å²) in [6.07, 6.45) is 1.67. The molecule has 0 atom stereocenters. The predicted octanol–water partition coefficient (Wildman–Crippen LogP) is 8.56. The van der Waals surface area contributed by atoms with E-state index >= 15 is 0 Å². The van der Waals surface area contributed by atoms with Crippen molar-refractivity contribution >= 4 is 23.7 Å². The number of nitriles is 1. The lowest BCUT2D eigenvalue weighted by Gasteiger charge is -2.06. The summed E-state index contributed by atoms with van der Waals surface area (Å²) in [6, 6.07) is 37.8. The summed E-state index contributed by atoms with van der Waals surface area (Å²) in [7, 11) is 0. The van der Waals surface area contributed by atoms with Gasteiger partial charge >= 0.3 is 0 Å². The number of benzene rings is 4. The molecule has 0 saturated heterocycles. The maximum atomic E-state index is 10.0. The van der Waals surface area contributed by atoms with E-state index in [2.05, 4.69) is 35.3 Å². The first-order valence-electron chi connectivity index (χ1n) is 10.8. The van der Waals surface area contributed by atoms with Crippen molar-refractivity contribution in [3.63, 3.8) is 0 Å². The minimum absolute atomic E-state index is 0.276. The maximum Gasteiger partial charge on any atom is 0.238 e. The minimum Gasteiger partial charge on any atom is -0.436 e. The average Bonchev–Trinajstić information content (AvgIpc) is 3.28. The second-order valence-corrected chi connectivity index (χ2v) is 8.15. The first-order chi connectivity index (χ1) is 16.7. The molecule has 0 amide bonds. The summed E-state index contributed by atoms with van der Waals surface area (Å²) in [5, 5.41) is 10.7. The van der Waals surface area contributed by atoms with Gasteiger partial charge in [-0.1, -0.05) is 109 Å². The lowest BCUT2D eigenvalue weighted by atomic mass is 9.97. The van der Waals surface area contributed by atoms with E-state index in [4.69, 9.17) is 16.0 Å². The normalized spacial score (nSPS) is 10.9. The van der Waals surface area contributed by atoms with Gasteiger partial charge in [0, 0.05) is 22.4 Å². The highest BCUT2D eigenvalue weighted by molar-refractivity contribution is 6.30. The van der Waals surface area contributed by atoms with Crippen LogP contribution < -0.4 is 0 Å². The Labute approximate surface area is 203 Å². The fourth-order valence-electron chi connectivity index (χ4n) is 3.82. The van der Waals surface area contributed by atoms with Crippen LogP contribution in [0.25, 0.3) is 33.6 Å². The van der Waals surface area contributed by atoms with Gasteiger partial charge in [0.05, 0.1) is 0 Å². The van der Waals surface area contributed by atoms with E-state index < -0.39 is 0 Å². The van der Waals surface area contributed by atoms with E-state index in [1.807, 2.05) is 72.8 Å². The highest BCUT2D eigenvalue weighted by Gasteiger charge is 2.22. The number of furan rings is 1. The number of nitrogens with zero attached hydrogens (tertiary/aromatic N) is 2. The molecule has 0 aliphatic carbocycles. The molecule has 1 heterocycles. The number of halogens is 1. The topological polar surface area (TPSA) is 49.3 Å². The van der Waals surface area contributed by atoms with Crippen molar-refractivity contribution in [3.05, 3.63) is 125 Å². The molecule has 0 radical (unpaired) electrons. The summed E-state index contributed by atoms with van der Waals surface area (Å²) in [5.41, 5.74) is 6.03. The largest absolute Gasteiger partial charge is 0.436 e. The van der Waals surface area contributed by atoms with E-state index in [1.165, 1.54) is 0 Å². The lowest BCUT2D eigenvalue weighted by molar-refractivity contribution is 0.593. The van der Waals surface area contributed by atoms with Crippen molar-refractivity contribution in [1.82, 2.24) is 0 Å². The summed E-state index contributed by atoms with van der Waals surface area (Å²) >= 11 is 5.98. The first kappa shape index (κ1) is 21.5. The van der Waals surface area contributed by atoms with Gasteiger partial charge < -0.3 is 4.42 Å². The van der Waals surface area contributed by atoms with Crippen LogP contribution in [0.3, 0.4) is 0 Å². The summed E-state index contributed by atoms with van der Waals surface area (Å²) < 4.78 is 6.22. The minimum atomic E-state index is 0.276. The molecule has 0 saturated carbocycles. The highest BCUT2D eigenvalue weighted by Crippen LogP contribution is 2.42. The Kier molecular flexibility index (Phi) is 6.07. The maximum absolute atomic E-state index is 10.0.